The molecule has 2 N–H and O–H groups in total. The van der Waals surface area contributed by atoms with Gasteiger partial charge in [-0.2, -0.15) is 0 Å². The van der Waals surface area contributed by atoms with Gasteiger partial charge in [0.1, 0.15) is 5.75 Å². The second-order valence-corrected chi connectivity index (χ2v) is 6.41. The zero-order chi connectivity index (χ0) is 19.9. The summed E-state index contributed by atoms with van der Waals surface area (Å²) in [7, 11) is 0. The molecule has 2 aromatic carbocycles. The first-order valence-corrected chi connectivity index (χ1v) is 8.92. The molecule has 2 amide bonds. The van der Waals surface area contributed by atoms with E-state index in [1.807, 2.05) is 44.2 Å². The van der Waals surface area contributed by atoms with Crippen LogP contribution < -0.4 is 15.4 Å². The normalized spacial score (nSPS) is 10.4. The Hall–Kier alpha value is -3.54. The molecule has 0 aliphatic carbocycles. The van der Waals surface area contributed by atoms with E-state index in [4.69, 9.17) is 9.15 Å². The zero-order valence-corrected chi connectivity index (χ0v) is 15.8. The van der Waals surface area contributed by atoms with Crippen molar-refractivity contribution in [2.24, 2.45) is 0 Å². The fourth-order valence-electron chi connectivity index (χ4n) is 2.72. The van der Waals surface area contributed by atoms with Crippen molar-refractivity contribution in [2.45, 2.75) is 20.4 Å². The quantitative estimate of drug-likeness (QED) is 0.654. The van der Waals surface area contributed by atoms with Gasteiger partial charge in [-0.05, 0) is 54.8 Å². The van der Waals surface area contributed by atoms with Crippen LogP contribution in [0.15, 0.2) is 65.3 Å². The summed E-state index contributed by atoms with van der Waals surface area (Å²) in [5, 5.41) is 5.57. The lowest BCUT2D eigenvalue weighted by molar-refractivity contribution is -0.123. The molecule has 0 spiro atoms. The first-order valence-electron chi connectivity index (χ1n) is 8.92. The minimum Gasteiger partial charge on any atom is -0.483 e. The third-order valence-corrected chi connectivity index (χ3v) is 4.20. The lowest BCUT2D eigenvalue weighted by Crippen LogP contribution is -2.28. The number of anilines is 1. The first kappa shape index (κ1) is 19.2. The number of furan rings is 1. The third kappa shape index (κ3) is 5.01. The molecule has 144 valence electrons. The number of hydrogen-bond acceptors (Lipinski definition) is 4. The van der Waals surface area contributed by atoms with Gasteiger partial charge in [-0.25, -0.2) is 0 Å². The summed E-state index contributed by atoms with van der Waals surface area (Å²) in [4.78, 5) is 24.0. The van der Waals surface area contributed by atoms with Gasteiger partial charge in [0.15, 0.2) is 12.4 Å². The van der Waals surface area contributed by atoms with E-state index in [9.17, 15) is 9.59 Å². The van der Waals surface area contributed by atoms with E-state index in [0.717, 1.165) is 22.4 Å². The number of carbonyl (C=O) groups is 2. The van der Waals surface area contributed by atoms with E-state index < -0.39 is 0 Å². The minimum absolute atomic E-state index is 0.0387. The topological polar surface area (TPSA) is 80.6 Å². The van der Waals surface area contributed by atoms with Gasteiger partial charge in [-0.3, -0.25) is 9.59 Å². The Morgan fingerprint density at radius 1 is 0.964 bits per heavy atom. The van der Waals surface area contributed by atoms with Crippen LogP contribution in [-0.2, 0) is 11.3 Å². The molecule has 0 radical (unpaired) electrons. The van der Waals surface area contributed by atoms with Crippen LogP contribution in [0, 0.1) is 13.8 Å². The maximum absolute atomic E-state index is 12.1. The molecule has 0 saturated carbocycles. The fourth-order valence-corrected chi connectivity index (χ4v) is 2.72. The molecular formula is C22H22N2O4. The summed E-state index contributed by atoms with van der Waals surface area (Å²) in [5.74, 6) is 0.488. The highest BCUT2D eigenvalue weighted by Crippen LogP contribution is 2.22. The number of ether oxygens (including phenoxy) is 1. The fraction of sp³-hybridized carbons (Fsp3) is 0.182. The van der Waals surface area contributed by atoms with Crippen LogP contribution in [0.1, 0.15) is 27.2 Å². The first-order chi connectivity index (χ1) is 13.5. The lowest BCUT2D eigenvalue weighted by Gasteiger charge is -2.12. The molecular weight excluding hydrogens is 356 g/mol. The zero-order valence-electron chi connectivity index (χ0n) is 15.8. The molecule has 3 rings (SSSR count). The highest BCUT2D eigenvalue weighted by molar-refractivity contribution is 6.02. The van der Waals surface area contributed by atoms with Crippen molar-refractivity contribution in [1.29, 1.82) is 0 Å². The average Bonchev–Trinajstić information content (AvgIpc) is 3.22. The molecule has 0 bridgehead atoms. The predicted molar refractivity (Wildman–Crippen MR) is 106 cm³/mol. The molecule has 1 aromatic heterocycles. The van der Waals surface area contributed by atoms with E-state index in [1.54, 1.807) is 24.3 Å². The predicted octanol–water partition coefficient (Wildman–Crippen LogP) is 3.84. The number of aryl methyl sites for hydroxylation is 2. The highest BCUT2D eigenvalue weighted by Gasteiger charge is 2.09. The molecule has 0 unspecified atom stereocenters. The summed E-state index contributed by atoms with van der Waals surface area (Å²) in [6, 6.07) is 16.3. The van der Waals surface area contributed by atoms with Crippen molar-refractivity contribution < 1.29 is 18.7 Å². The molecule has 0 saturated heterocycles. The lowest BCUT2D eigenvalue weighted by atomic mass is 10.1. The maximum Gasteiger partial charge on any atom is 0.291 e. The Labute approximate surface area is 163 Å². The van der Waals surface area contributed by atoms with Crippen molar-refractivity contribution >= 4 is 17.5 Å². The highest BCUT2D eigenvalue weighted by atomic mass is 16.5. The second-order valence-electron chi connectivity index (χ2n) is 6.41. The van der Waals surface area contributed by atoms with Crippen molar-refractivity contribution in [3.63, 3.8) is 0 Å². The van der Waals surface area contributed by atoms with Crippen molar-refractivity contribution in [3.05, 3.63) is 83.3 Å². The van der Waals surface area contributed by atoms with Gasteiger partial charge in [0, 0.05) is 12.2 Å². The third-order valence-electron chi connectivity index (χ3n) is 4.20. The van der Waals surface area contributed by atoms with Gasteiger partial charge in [0.2, 0.25) is 0 Å². The Balaban J connectivity index is 1.46. The number of nitrogens with one attached hydrogen (secondary N) is 2. The summed E-state index contributed by atoms with van der Waals surface area (Å²) < 4.78 is 10.7. The van der Waals surface area contributed by atoms with Gasteiger partial charge in [-0.15, -0.1) is 0 Å². The summed E-state index contributed by atoms with van der Waals surface area (Å²) in [5.41, 5.74) is 3.56. The monoisotopic (exact) mass is 378 g/mol. The number of benzene rings is 2. The van der Waals surface area contributed by atoms with Crippen LogP contribution in [-0.4, -0.2) is 18.4 Å². The van der Waals surface area contributed by atoms with Crippen molar-refractivity contribution in [1.82, 2.24) is 5.32 Å². The van der Waals surface area contributed by atoms with Gasteiger partial charge >= 0.3 is 0 Å². The largest absolute Gasteiger partial charge is 0.483 e. The molecule has 28 heavy (non-hydrogen) atoms. The van der Waals surface area contributed by atoms with Crippen LogP contribution in [0.4, 0.5) is 5.69 Å². The average molecular weight is 378 g/mol. The summed E-state index contributed by atoms with van der Waals surface area (Å²) >= 11 is 0. The number of rotatable bonds is 7. The molecule has 0 aliphatic heterocycles. The van der Waals surface area contributed by atoms with E-state index in [1.165, 1.54) is 6.26 Å². The Kier molecular flexibility index (Phi) is 6.11. The second kappa shape index (κ2) is 8.90. The van der Waals surface area contributed by atoms with Gasteiger partial charge in [0.05, 0.1) is 6.26 Å². The molecule has 0 fully saturated rings. The Morgan fingerprint density at radius 3 is 2.32 bits per heavy atom. The van der Waals surface area contributed by atoms with Crippen LogP contribution in [0.25, 0.3) is 0 Å². The molecule has 0 atom stereocenters. The van der Waals surface area contributed by atoms with E-state index in [2.05, 4.69) is 10.6 Å². The van der Waals surface area contributed by atoms with E-state index in [-0.39, 0.29) is 24.2 Å². The standard InChI is InChI=1S/C22H22N2O4/c1-15-5-3-6-16(2)21(15)28-14-20(25)23-13-17-8-10-18(11-9-17)24-22(26)19-7-4-12-27-19/h3-12H,13-14H2,1-2H3,(H,23,25)(H,24,26). The smallest absolute Gasteiger partial charge is 0.291 e. The minimum atomic E-state index is -0.310. The van der Waals surface area contributed by atoms with Crippen LogP contribution >= 0.6 is 0 Å². The van der Waals surface area contributed by atoms with Gasteiger partial charge in [0.25, 0.3) is 11.8 Å². The number of hydrogen-bond donors (Lipinski definition) is 2. The van der Waals surface area contributed by atoms with E-state index in [0.29, 0.717) is 12.2 Å². The van der Waals surface area contributed by atoms with Crippen LogP contribution in [0.5, 0.6) is 5.75 Å². The van der Waals surface area contributed by atoms with E-state index >= 15 is 0 Å². The van der Waals surface area contributed by atoms with Crippen molar-refractivity contribution in [3.8, 4) is 5.75 Å². The van der Waals surface area contributed by atoms with Crippen LogP contribution in [0.2, 0.25) is 0 Å². The summed E-state index contributed by atoms with van der Waals surface area (Å²) in [6.07, 6.45) is 1.45. The van der Waals surface area contributed by atoms with Gasteiger partial charge < -0.3 is 19.8 Å². The molecule has 6 heteroatoms. The number of para-hydroxylation sites is 1. The summed E-state index contributed by atoms with van der Waals surface area (Å²) in [6.45, 7) is 4.24. The molecule has 3 aromatic rings. The van der Waals surface area contributed by atoms with Crippen molar-refractivity contribution in [2.75, 3.05) is 11.9 Å². The van der Waals surface area contributed by atoms with Crippen LogP contribution in [0.3, 0.4) is 0 Å². The molecule has 1 heterocycles. The van der Waals surface area contributed by atoms with Gasteiger partial charge in [-0.1, -0.05) is 30.3 Å². The Bertz CT molecular complexity index is 927. The SMILES string of the molecule is Cc1cccc(C)c1OCC(=O)NCc1ccc(NC(=O)c2ccco2)cc1. The Morgan fingerprint density at radius 2 is 1.68 bits per heavy atom. The maximum atomic E-state index is 12.1. The molecule has 0 aliphatic rings. The number of amides is 2. The molecule has 6 nitrogen and oxygen atoms in total. The number of carbonyl (C=O) groups excluding carboxylic acids is 2.